The summed E-state index contributed by atoms with van der Waals surface area (Å²) in [6.07, 6.45) is 0.312. The maximum absolute atomic E-state index is 13.8. The average Bonchev–Trinajstić information content (AvgIpc) is 3.47. The van der Waals surface area contributed by atoms with Gasteiger partial charge in [0, 0.05) is 23.5 Å². The van der Waals surface area contributed by atoms with E-state index in [-0.39, 0.29) is 29.2 Å². The second kappa shape index (κ2) is 8.43. The molecule has 0 saturated heterocycles. The number of rotatable bonds is 6. The molecule has 0 unspecified atom stereocenters. The molecule has 1 aliphatic rings. The van der Waals surface area contributed by atoms with Gasteiger partial charge in [-0.25, -0.2) is 9.67 Å². The number of carbonyl (C=O) groups excluding carboxylic acids is 1. The van der Waals surface area contributed by atoms with E-state index in [4.69, 9.17) is 11.6 Å². The van der Waals surface area contributed by atoms with E-state index >= 15 is 0 Å². The van der Waals surface area contributed by atoms with Gasteiger partial charge in [-0.3, -0.25) is 9.48 Å². The number of benzene rings is 1. The Morgan fingerprint density at radius 1 is 1.26 bits per heavy atom. The van der Waals surface area contributed by atoms with Crippen molar-refractivity contribution in [1.29, 1.82) is 0 Å². The van der Waals surface area contributed by atoms with Crippen molar-refractivity contribution in [2.45, 2.75) is 44.9 Å². The Morgan fingerprint density at radius 2 is 2.06 bits per heavy atom. The molecule has 0 spiro atoms. The maximum Gasteiger partial charge on any atom is 0.417 e. The van der Waals surface area contributed by atoms with Crippen LogP contribution in [0.4, 0.5) is 18.9 Å². The third kappa shape index (κ3) is 4.63. The van der Waals surface area contributed by atoms with Crippen molar-refractivity contribution in [3.05, 3.63) is 70.3 Å². The first kappa shape index (κ1) is 22.4. The lowest BCUT2D eigenvalue weighted by molar-refractivity contribution is -0.136. The summed E-state index contributed by atoms with van der Waals surface area (Å²) in [5.74, 6) is -0.397. The molecule has 5 rings (SSSR count). The lowest BCUT2D eigenvalue weighted by Gasteiger charge is -2.11. The minimum Gasteiger partial charge on any atom is -0.324 e. The molecule has 0 radical (unpaired) electrons. The van der Waals surface area contributed by atoms with Crippen LogP contribution < -0.4 is 5.32 Å². The highest BCUT2D eigenvalue weighted by molar-refractivity contribution is 6.30. The van der Waals surface area contributed by atoms with Gasteiger partial charge in [0.2, 0.25) is 5.91 Å². The van der Waals surface area contributed by atoms with Crippen LogP contribution >= 0.6 is 11.6 Å². The van der Waals surface area contributed by atoms with Crippen LogP contribution in [0.3, 0.4) is 0 Å². The van der Waals surface area contributed by atoms with E-state index in [1.54, 1.807) is 29.1 Å². The Morgan fingerprint density at radius 3 is 2.74 bits per heavy atom. The summed E-state index contributed by atoms with van der Waals surface area (Å²) in [6, 6.07) is 8.33. The normalized spacial score (nSPS) is 14.0. The van der Waals surface area contributed by atoms with E-state index in [1.165, 1.54) is 17.8 Å². The van der Waals surface area contributed by atoms with Gasteiger partial charge in [-0.05, 0) is 43.5 Å². The van der Waals surface area contributed by atoms with Crippen LogP contribution in [0, 0.1) is 6.92 Å². The fraction of sp³-hybridized carbons (Fsp3) is 0.304. The van der Waals surface area contributed by atoms with Crippen LogP contribution in [0.25, 0.3) is 11.0 Å². The van der Waals surface area contributed by atoms with Crippen LogP contribution in [-0.2, 0) is 24.1 Å². The van der Waals surface area contributed by atoms with Crippen molar-refractivity contribution in [1.82, 2.24) is 24.5 Å². The SMILES string of the molecule is Cc1nn(CC(=O)Nc2cccc(Cn3cc(Cl)cn3)c2)c2nc(C3CC3)cc(C(F)(F)F)c12. The van der Waals surface area contributed by atoms with E-state index < -0.39 is 17.6 Å². The first-order chi connectivity index (χ1) is 16.2. The molecule has 11 heteroatoms. The van der Waals surface area contributed by atoms with Gasteiger partial charge >= 0.3 is 6.18 Å². The molecule has 3 heterocycles. The topological polar surface area (TPSA) is 77.6 Å². The van der Waals surface area contributed by atoms with Crippen molar-refractivity contribution in [3.63, 3.8) is 0 Å². The molecule has 1 N–H and O–H groups in total. The largest absolute Gasteiger partial charge is 0.417 e. The first-order valence-corrected chi connectivity index (χ1v) is 11.1. The number of aryl methyl sites for hydroxylation is 1. The summed E-state index contributed by atoms with van der Waals surface area (Å²) in [4.78, 5) is 17.2. The number of anilines is 1. The van der Waals surface area contributed by atoms with E-state index in [2.05, 4.69) is 20.5 Å². The smallest absolute Gasteiger partial charge is 0.324 e. The van der Waals surface area contributed by atoms with Crippen molar-refractivity contribution in [3.8, 4) is 0 Å². The standard InChI is InChI=1S/C23H20ClF3N6O/c1-13-21-18(23(25,26)27)8-19(15-5-6-15)30-22(21)33(31-13)12-20(34)29-17-4-2-3-14(7-17)10-32-11-16(24)9-28-32/h2-4,7-9,11,15H,5-6,10,12H2,1H3,(H,29,34). The van der Waals surface area contributed by atoms with Crippen LogP contribution in [0.15, 0.2) is 42.7 Å². The molecular formula is C23H20ClF3N6O. The molecule has 7 nitrogen and oxygen atoms in total. The fourth-order valence-electron chi connectivity index (χ4n) is 3.99. The van der Waals surface area contributed by atoms with Crippen molar-refractivity contribution in [2.24, 2.45) is 0 Å². The van der Waals surface area contributed by atoms with Gasteiger partial charge < -0.3 is 5.32 Å². The minimum absolute atomic E-state index is 0.0235. The Labute approximate surface area is 197 Å². The van der Waals surface area contributed by atoms with Crippen molar-refractivity contribution in [2.75, 3.05) is 5.32 Å². The molecule has 176 valence electrons. The van der Waals surface area contributed by atoms with E-state index in [0.29, 0.717) is 22.9 Å². The summed E-state index contributed by atoms with van der Waals surface area (Å²) in [6.45, 7) is 1.70. The number of amides is 1. The van der Waals surface area contributed by atoms with Crippen LogP contribution in [0.2, 0.25) is 5.02 Å². The molecule has 1 fully saturated rings. The summed E-state index contributed by atoms with van der Waals surface area (Å²) in [5, 5.41) is 11.6. The molecule has 0 bridgehead atoms. The number of alkyl halides is 3. The summed E-state index contributed by atoms with van der Waals surface area (Å²) >= 11 is 5.90. The molecule has 1 aromatic carbocycles. The molecule has 0 aliphatic heterocycles. The highest BCUT2D eigenvalue weighted by Crippen LogP contribution is 2.43. The van der Waals surface area contributed by atoms with Gasteiger partial charge in [0.25, 0.3) is 0 Å². The number of halogens is 4. The summed E-state index contributed by atoms with van der Waals surface area (Å²) in [7, 11) is 0. The number of hydrogen-bond donors (Lipinski definition) is 1. The summed E-state index contributed by atoms with van der Waals surface area (Å²) < 4.78 is 44.2. The second-order valence-electron chi connectivity index (χ2n) is 8.41. The maximum atomic E-state index is 13.8. The Kier molecular flexibility index (Phi) is 5.55. The van der Waals surface area contributed by atoms with Crippen molar-refractivity contribution < 1.29 is 18.0 Å². The predicted octanol–water partition coefficient (Wildman–Crippen LogP) is 5.17. The second-order valence-corrected chi connectivity index (χ2v) is 8.85. The molecular weight excluding hydrogens is 469 g/mol. The van der Waals surface area contributed by atoms with Crippen LogP contribution in [0.5, 0.6) is 0 Å². The zero-order valence-corrected chi connectivity index (χ0v) is 18.9. The first-order valence-electron chi connectivity index (χ1n) is 10.7. The predicted molar refractivity (Wildman–Crippen MR) is 121 cm³/mol. The fourth-order valence-corrected chi connectivity index (χ4v) is 4.15. The quantitative estimate of drug-likeness (QED) is 0.406. The van der Waals surface area contributed by atoms with E-state index in [0.717, 1.165) is 24.5 Å². The molecule has 1 amide bonds. The van der Waals surface area contributed by atoms with Crippen LogP contribution in [0.1, 0.15) is 41.3 Å². The molecule has 4 aromatic rings. The monoisotopic (exact) mass is 488 g/mol. The van der Waals surface area contributed by atoms with Gasteiger partial charge in [0.05, 0.1) is 34.4 Å². The number of carbonyl (C=O) groups is 1. The van der Waals surface area contributed by atoms with Gasteiger partial charge in [-0.15, -0.1) is 0 Å². The molecule has 3 aromatic heterocycles. The van der Waals surface area contributed by atoms with Gasteiger partial charge in [0.15, 0.2) is 5.65 Å². The molecule has 1 aliphatic carbocycles. The van der Waals surface area contributed by atoms with E-state index in [9.17, 15) is 18.0 Å². The highest BCUT2D eigenvalue weighted by Gasteiger charge is 2.37. The Bertz CT molecular complexity index is 1390. The number of aromatic nitrogens is 5. The summed E-state index contributed by atoms with van der Waals surface area (Å²) in [5.41, 5.74) is 1.35. The molecule has 34 heavy (non-hydrogen) atoms. The molecule has 0 atom stereocenters. The Hall–Kier alpha value is -3.40. The Balaban J connectivity index is 1.39. The molecule has 1 saturated carbocycles. The zero-order chi connectivity index (χ0) is 24.0. The lowest BCUT2D eigenvalue weighted by atomic mass is 10.1. The third-order valence-electron chi connectivity index (χ3n) is 5.65. The lowest BCUT2D eigenvalue weighted by Crippen LogP contribution is -2.20. The average molecular weight is 489 g/mol. The van der Waals surface area contributed by atoms with E-state index in [1.807, 2.05) is 6.07 Å². The van der Waals surface area contributed by atoms with Crippen molar-refractivity contribution >= 4 is 34.2 Å². The highest BCUT2D eigenvalue weighted by atomic mass is 35.5. The number of nitrogens with one attached hydrogen (secondary N) is 1. The zero-order valence-electron chi connectivity index (χ0n) is 18.1. The number of fused-ring (bicyclic) bond motifs is 1. The number of nitrogens with zero attached hydrogens (tertiary/aromatic N) is 5. The number of pyridine rings is 1. The van der Waals surface area contributed by atoms with Gasteiger partial charge in [0.1, 0.15) is 6.54 Å². The minimum atomic E-state index is -4.54. The number of hydrogen-bond acceptors (Lipinski definition) is 4. The third-order valence-corrected chi connectivity index (χ3v) is 5.84. The van der Waals surface area contributed by atoms with Crippen LogP contribution in [-0.4, -0.2) is 30.5 Å². The van der Waals surface area contributed by atoms with Gasteiger partial charge in [-0.1, -0.05) is 23.7 Å². The van der Waals surface area contributed by atoms with Gasteiger partial charge in [-0.2, -0.15) is 23.4 Å².